The van der Waals surface area contributed by atoms with Gasteiger partial charge in [0.2, 0.25) is 0 Å². The molecule has 1 aliphatic rings. The van der Waals surface area contributed by atoms with Gasteiger partial charge in [-0.3, -0.25) is 0 Å². The van der Waals surface area contributed by atoms with E-state index in [1.165, 1.54) is 12.2 Å². The Kier molecular flexibility index (Phi) is 5.90. The average Bonchev–Trinajstić information content (AvgIpc) is 2.01. The summed E-state index contributed by atoms with van der Waals surface area (Å²) in [6.07, 6.45) is 7.60. The van der Waals surface area contributed by atoms with E-state index in [-0.39, 0.29) is 0 Å². The zero-order valence-corrected chi connectivity index (χ0v) is 8.62. The van der Waals surface area contributed by atoms with Gasteiger partial charge < -0.3 is 0 Å². The van der Waals surface area contributed by atoms with E-state index >= 15 is 0 Å². The second kappa shape index (κ2) is 6.58. The van der Waals surface area contributed by atoms with Crippen LogP contribution in [0.3, 0.4) is 0 Å². The summed E-state index contributed by atoms with van der Waals surface area (Å²) in [5.74, 6) is 1.22. The molecule has 1 heterocycles. The summed E-state index contributed by atoms with van der Waals surface area (Å²) in [5.41, 5.74) is 0. The van der Waals surface area contributed by atoms with Gasteiger partial charge in [0.25, 0.3) is 0 Å². The van der Waals surface area contributed by atoms with Crippen molar-refractivity contribution in [3.05, 3.63) is 23.6 Å². The van der Waals surface area contributed by atoms with Gasteiger partial charge in [0.05, 0.1) is 0 Å². The Labute approximate surface area is 76.9 Å². The number of allylic oxidation sites excluding steroid dienone is 3. The van der Waals surface area contributed by atoms with Crippen molar-refractivity contribution < 1.29 is 0 Å². The minimum absolute atomic E-state index is 1.19. The summed E-state index contributed by atoms with van der Waals surface area (Å²) in [7, 11) is 7.39. The van der Waals surface area contributed by atoms with Crippen LogP contribution >= 0.6 is 41.2 Å². The van der Waals surface area contributed by atoms with Crippen LogP contribution in [-0.2, 0) is 0 Å². The van der Waals surface area contributed by atoms with E-state index in [4.69, 9.17) is 0 Å². The van der Waals surface area contributed by atoms with Crippen molar-refractivity contribution in [1.29, 1.82) is 0 Å². The minimum atomic E-state index is 1.19. The fourth-order valence-corrected chi connectivity index (χ4v) is 5.66. The predicted molar refractivity (Wildman–Crippen MR) is 58.1 cm³/mol. The Morgan fingerprint density at radius 1 is 1.10 bits per heavy atom. The van der Waals surface area contributed by atoms with E-state index in [0.29, 0.717) is 0 Å². The van der Waals surface area contributed by atoms with E-state index < -0.39 is 0 Å². The Bertz CT molecular complexity index is 114. The van der Waals surface area contributed by atoms with Gasteiger partial charge in [0.15, 0.2) is 0 Å². The Morgan fingerprint density at radius 3 is 3.10 bits per heavy atom. The van der Waals surface area contributed by atoms with Crippen LogP contribution in [0, 0.1) is 0 Å². The first kappa shape index (κ1) is 8.97. The summed E-state index contributed by atoms with van der Waals surface area (Å²) in [5, 5.41) is 2.11. The fourth-order valence-electron chi connectivity index (χ4n) is 0.461. The van der Waals surface area contributed by atoms with Crippen LogP contribution in [-0.4, -0.2) is 5.75 Å². The Hall–Kier alpha value is 0.880. The van der Waals surface area contributed by atoms with Crippen molar-refractivity contribution in [2.75, 3.05) is 5.75 Å². The van der Waals surface area contributed by atoms with E-state index in [1.807, 2.05) is 30.4 Å². The maximum Gasteiger partial charge on any atom is 0.00801 e. The van der Waals surface area contributed by atoms with Crippen molar-refractivity contribution in [2.24, 2.45) is 0 Å². The number of hydrogen-bond acceptors (Lipinski definition) is 4. The molecule has 56 valence electrons. The third-order valence-electron chi connectivity index (χ3n) is 0.864. The molecule has 1 aliphatic heterocycles. The zero-order valence-electron chi connectivity index (χ0n) is 5.36. The van der Waals surface area contributed by atoms with Crippen molar-refractivity contribution in [2.45, 2.75) is 6.42 Å². The largest absolute Gasteiger partial charge is 0.0837 e. The number of hydrogen-bond donors (Lipinski definition) is 0. The molecule has 0 spiro atoms. The highest BCUT2D eigenvalue weighted by Crippen LogP contribution is 2.43. The summed E-state index contributed by atoms with van der Waals surface area (Å²) in [6.45, 7) is 0. The molecule has 0 aliphatic carbocycles. The van der Waals surface area contributed by atoms with E-state index in [9.17, 15) is 0 Å². The SMILES string of the molecule is C1=C\SSSSCC/C=C/1. The third kappa shape index (κ3) is 4.66. The van der Waals surface area contributed by atoms with Crippen molar-refractivity contribution in [3.8, 4) is 0 Å². The zero-order chi connectivity index (χ0) is 7.07. The second-order valence-corrected chi connectivity index (χ2v) is 7.53. The van der Waals surface area contributed by atoms with Gasteiger partial charge in [0.1, 0.15) is 0 Å². The molecule has 4 heteroatoms. The molecular formula is C6H8S4. The highest BCUT2D eigenvalue weighted by atomic mass is 33.7. The molecule has 0 aromatic rings. The first-order valence-corrected chi connectivity index (χ1v) is 7.98. The van der Waals surface area contributed by atoms with Gasteiger partial charge in [-0.1, -0.05) is 39.8 Å². The van der Waals surface area contributed by atoms with Crippen LogP contribution in [0.25, 0.3) is 0 Å². The van der Waals surface area contributed by atoms with Gasteiger partial charge in [-0.2, -0.15) is 0 Å². The van der Waals surface area contributed by atoms with Gasteiger partial charge in [0, 0.05) is 5.75 Å². The molecule has 0 atom stereocenters. The lowest BCUT2D eigenvalue weighted by molar-refractivity contribution is 1.25. The molecule has 0 nitrogen and oxygen atoms in total. The second-order valence-electron chi connectivity index (χ2n) is 1.60. The maximum absolute atomic E-state index is 2.21. The molecule has 0 aromatic heterocycles. The summed E-state index contributed by atoms with van der Waals surface area (Å²) in [4.78, 5) is 0. The van der Waals surface area contributed by atoms with E-state index in [0.717, 1.165) is 0 Å². The lowest BCUT2D eigenvalue weighted by atomic mass is 10.4. The van der Waals surface area contributed by atoms with Gasteiger partial charge in [-0.25, -0.2) is 0 Å². The lowest BCUT2D eigenvalue weighted by Gasteiger charge is -1.95. The topological polar surface area (TPSA) is 0 Å². The average molecular weight is 208 g/mol. The molecule has 1 rings (SSSR count). The molecule has 0 bridgehead atoms. The third-order valence-corrected chi connectivity index (χ3v) is 6.86. The monoisotopic (exact) mass is 208 g/mol. The van der Waals surface area contributed by atoms with Crippen LogP contribution in [0.1, 0.15) is 6.42 Å². The minimum Gasteiger partial charge on any atom is -0.0837 e. The summed E-state index contributed by atoms with van der Waals surface area (Å²) < 4.78 is 0. The lowest BCUT2D eigenvalue weighted by Crippen LogP contribution is -1.68. The molecule has 0 saturated heterocycles. The first-order valence-electron chi connectivity index (χ1n) is 2.93. The van der Waals surface area contributed by atoms with Crippen LogP contribution < -0.4 is 0 Å². The van der Waals surface area contributed by atoms with E-state index in [1.54, 1.807) is 10.8 Å². The van der Waals surface area contributed by atoms with Crippen LogP contribution in [0.5, 0.6) is 0 Å². The highest BCUT2D eigenvalue weighted by molar-refractivity contribution is 9.26. The molecule has 0 aromatic carbocycles. The molecule has 10 heavy (non-hydrogen) atoms. The Balaban J connectivity index is 2.26. The smallest absolute Gasteiger partial charge is 0.00801 e. The van der Waals surface area contributed by atoms with Crippen molar-refractivity contribution in [1.82, 2.24) is 0 Å². The molecule has 0 saturated carbocycles. The predicted octanol–water partition coefficient (Wildman–Crippen LogP) is 4.14. The standard InChI is InChI=1S/C6H8S4/c1-2-4-6-8-10-9-7-5-3-1/h1-3,5H,4,6H2/b2-1+,5-3-. The summed E-state index contributed by atoms with van der Waals surface area (Å²) >= 11 is 0. The van der Waals surface area contributed by atoms with Crippen LogP contribution in [0.2, 0.25) is 0 Å². The normalized spacial score (nSPS) is 27.2. The van der Waals surface area contributed by atoms with Gasteiger partial charge >= 0.3 is 0 Å². The molecule has 0 amide bonds. The Morgan fingerprint density at radius 2 is 2.10 bits per heavy atom. The molecular weight excluding hydrogens is 200 g/mol. The number of rotatable bonds is 0. The molecule has 0 N–H and O–H groups in total. The highest BCUT2D eigenvalue weighted by Gasteiger charge is 1.89. The van der Waals surface area contributed by atoms with E-state index in [2.05, 4.69) is 23.6 Å². The van der Waals surface area contributed by atoms with Gasteiger partial charge in [-0.15, -0.1) is 0 Å². The quantitative estimate of drug-likeness (QED) is 0.548. The summed E-state index contributed by atoms with van der Waals surface area (Å²) in [6, 6.07) is 0. The maximum atomic E-state index is 2.21. The van der Waals surface area contributed by atoms with Crippen LogP contribution in [0.4, 0.5) is 0 Å². The van der Waals surface area contributed by atoms with Gasteiger partial charge in [-0.05, 0) is 31.5 Å². The fraction of sp³-hybridized carbons (Fsp3) is 0.333. The van der Waals surface area contributed by atoms with Crippen molar-refractivity contribution >= 4 is 41.2 Å². The molecule has 0 unspecified atom stereocenters. The molecule has 0 fully saturated rings. The van der Waals surface area contributed by atoms with Crippen LogP contribution in [0.15, 0.2) is 23.6 Å². The first-order chi connectivity index (χ1) is 5.00. The van der Waals surface area contributed by atoms with Crippen molar-refractivity contribution in [3.63, 3.8) is 0 Å². The molecule has 0 radical (unpaired) electrons.